The van der Waals surface area contributed by atoms with Crippen LogP contribution in [0.5, 0.6) is 0 Å². The molecule has 1 aliphatic carbocycles. The first-order valence-corrected chi connectivity index (χ1v) is 12.8. The quantitative estimate of drug-likeness (QED) is 0.263. The van der Waals surface area contributed by atoms with E-state index in [1.807, 2.05) is 0 Å². The van der Waals surface area contributed by atoms with E-state index in [4.69, 9.17) is 9.72 Å². The van der Waals surface area contributed by atoms with Gasteiger partial charge in [-0.2, -0.15) is 13.2 Å². The number of amides is 1. The number of alkyl halides is 3. The maximum atomic E-state index is 14.9. The molecule has 3 unspecified atom stereocenters. The van der Waals surface area contributed by atoms with Gasteiger partial charge < -0.3 is 24.5 Å². The zero-order valence-corrected chi connectivity index (χ0v) is 22.0. The number of ether oxygens (including phenoxy) is 1. The second-order valence-electron chi connectivity index (χ2n) is 10.2. The Labute approximate surface area is 226 Å². The number of hydrogen-bond donors (Lipinski definition) is 2. The number of rotatable bonds is 7. The number of carbonyl (C=O) groups excluding carboxylic acids is 2. The number of methoxy groups -OCH3 is 1. The standard InChI is InChI=1S/C28H27F4N3O5/c1-4-13(10-36)15-7-21-24-16(9-35(21)27(39)17(15)11-40-3)23-19(34-26(38)25(37)28(30,31)32)6-5-14-12(2)18(29)8-20(33-24)22(14)23/h7-8,10,13,19,25,37H,4-6,9,11H2,1-3H3,(H,34,38). The van der Waals surface area contributed by atoms with Crippen LogP contribution < -0.4 is 10.9 Å². The number of nitrogens with one attached hydrogen (secondary N) is 1. The molecule has 3 atom stereocenters. The van der Waals surface area contributed by atoms with Gasteiger partial charge in [-0.05, 0) is 54.5 Å². The first-order chi connectivity index (χ1) is 18.9. The molecule has 1 aromatic carbocycles. The van der Waals surface area contributed by atoms with Gasteiger partial charge in [-0.1, -0.05) is 6.92 Å². The molecule has 2 aromatic heterocycles. The smallest absolute Gasteiger partial charge is 0.380 e. The third-order valence-electron chi connectivity index (χ3n) is 7.94. The van der Waals surface area contributed by atoms with Gasteiger partial charge in [0, 0.05) is 35.6 Å². The molecule has 0 radical (unpaired) electrons. The van der Waals surface area contributed by atoms with Crippen LogP contribution in [-0.2, 0) is 33.9 Å². The molecule has 0 spiro atoms. The summed E-state index contributed by atoms with van der Waals surface area (Å²) in [5, 5.41) is 12.4. The Balaban J connectivity index is 1.77. The van der Waals surface area contributed by atoms with E-state index >= 15 is 0 Å². The van der Waals surface area contributed by atoms with Crippen molar-refractivity contribution in [3.8, 4) is 11.4 Å². The van der Waals surface area contributed by atoms with E-state index in [2.05, 4.69) is 5.32 Å². The molecule has 5 rings (SSSR count). The molecule has 0 saturated heterocycles. The molecule has 2 aliphatic rings. The lowest BCUT2D eigenvalue weighted by atomic mass is 9.81. The lowest BCUT2D eigenvalue weighted by molar-refractivity contribution is -0.205. The average molecular weight is 562 g/mol. The number of benzene rings is 1. The third kappa shape index (κ3) is 4.29. The lowest BCUT2D eigenvalue weighted by Gasteiger charge is -2.30. The Morgan fingerprint density at radius 2 is 2.05 bits per heavy atom. The zero-order chi connectivity index (χ0) is 29.1. The summed E-state index contributed by atoms with van der Waals surface area (Å²) in [6.07, 6.45) is -6.79. The van der Waals surface area contributed by atoms with Gasteiger partial charge in [0.25, 0.3) is 11.5 Å². The van der Waals surface area contributed by atoms with E-state index in [0.29, 0.717) is 56.6 Å². The van der Waals surface area contributed by atoms with Gasteiger partial charge in [0.1, 0.15) is 12.1 Å². The molecule has 0 fully saturated rings. The van der Waals surface area contributed by atoms with Crippen LogP contribution in [0, 0.1) is 12.7 Å². The molecule has 3 heterocycles. The molecule has 0 bridgehead atoms. The summed E-state index contributed by atoms with van der Waals surface area (Å²) in [5.41, 5.74) is 3.23. The number of aromatic nitrogens is 2. The fourth-order valence-electron chi connectivity index (χ4n) is 5.92. The van der Waals surface area contributed by atoms with Crippen LogP contribution in [0.15, 0.2) is 16.9 Å². The van der Waals surface area contributed by atoms with Gasteiger partial charge in [0.2, 0.25) is 6.10 Å². The Kier molecular flexibility index (Phi) is 7.03. The molecule has 212 valence electrons. The van der Waals surface area contributed by atoms with E-state index in [0.717, 1.165) is 6.29 Å². The van der Waals surface area contributed by atoms with Gasteiger partial charge in [-0.3, -0.25) is 9.59 Å². The molecule has 1 amide bonds. The van der Waals surface area contributed by atoms with E-state index in [9.17, 15) is 37.1 Å². The van der Waals surface area contributed by atoms with Crippen LogP contribution in [0.1, 0.15) is 65.1 Å². The van der Waals surface area contributed by atoms with Crippen molar-refractivity contribution in [3.05, 3.63) is 61.7 Å². The van der Waals surface area contributed by atoms with Gasteiger partial charge in [-0.25, -0.2) is 9.37 Å². The molecule has 12 heteroatoms. The van der Waals surface area contributed by atoms with Crippen molar-refractivity contribution in [3.63, 3.8) is 0 Å². The Bertz CT molecular complexity index is 1610. The van der Waals surface area contributed by atoms with E-state index in [1.165, 1.54) is 17.7 Å². The molecule has 0 saturated carbocycles. The van der Waals surface area contributed by atoms with Crippen LogP contribution in [0.4, 0.5) is 17.6 Å². The second kappa shape index (κ2) is 10.1. The highest BCUT2D eigenvalue weighted by atomic mass is 19.4. The zero-order valence-electron chi connectivity index (χ0n) is 22.0. The highest BCUT2D eigenvalue weighted by Gasteiger charge is 2.45. The van der Waals surface area contributed by atoms with Crippen molar-refractivity contribution >= 4 is 23.1 Å². The van der Waals surface area contributed by atoms with Crippen molar-refractivity contribution < 1.29 is 37.0 Å². The Morgan fingerprint density at radius 3 is 2.67 bits per heavy atom. The first kappa shape index (κ1) is 27.9. The number of aryl methyl sites for hydroxylation is 1. The van der Waals surface area contributed by atoms with Crippen molar-refractivity contribution in [2.24, 2.45) is 0 Å². The highest BCUT2D eigenvalue weighted by Crippen LogP contribution is 2.45. The number of aldehydes is 1. The number of aliphatic hydroxyl groups is 1. The third-order valence-corrected chi connectivity index (χ3v) is 7.94. The number of pyridine rings is 2. The monoisotopic (exact) mass is 561 g/mol. The summed E-state index contributed by atoms with van der Waals surface area (Å²) in [6, 6.07) is 1.96. The minimum atomic E-state index is -5.15. The maximum absolute atomic E-state index is 14.9. The molecule has 2 N–H and O–H groups in total. The fraction of sp³-hybridized carbons (Fsp3) is 0.429. The van der Waals surface area contributed by atoms with Crippen LogP contribution in [0.25, 0.3) is 22.3 Å². The summed E-state index contributed by atoms with van der Waals surface area (Å²) in [6.45, 7) is 3.36. The van der Waals surface area contributed by atoms with E-state index in [1.54, 1.807) is 19.9 Å². The fourth-order valence-corrected chi connectivity index (χ4v) is 5.92. The average Bonchev–Trinajstić information content (AvgIpc) is 3.28. The highest BCUT2D eigenvalue weighted by molar-refractivity contribution is 5.94. The maximum Gasteiger partial charge on any atom is 0.423 e. The second-order valence-corrected chi connectivity index (χ2v) is 10.2. The summed E-state index contributed by atoms with van der Waals surface area (Å²) in [4.78, 5) is 42.7. The number of halogens is 4. The normalized spacial score (nSPS) is 17.4. The first-order valence-electron chi connectivity index (χ1n) is 12.8. The van der Waals surface area contributed by atoms with Crippen LogP contribution in [0.3, 0.4) is 0 Å². The van der Waals surface area contributed by atoms with Crippen LogP contribution in [-0.4, -0.2) is 46.2 Å². The van der Waals surface area contributed by atoms with Gasteiger partial charge in [-0.15, -0.1) is 0 Å². The van der Waals surface area contributed by atoms with Crippen LogP contribution >= 0.6 is 0 Å². The molecule has 3 aromatic rings. The Hall–Kier alpha value is -3.64. The van der Waals surface area contributed by atoms with E-state index < -0.39 is 41.5 Å². The lowest BCUT2D eigenvalue weighted by Crippen LogP contribution is -2.45. The summed E-state index contributed by atoms with van der Waals surface area (Å²) < 4.78 is 60.9. The molecular weight excluding hydrogens is 534 g/mol. The van der Waals surface area contributed by atoms with Gasteiger partial charge >= 0.3 is 6.18 Å². The van der Waals surface area contributed by atoms with Crippen molar-refractivity contribution in [2.75, 3.05) is 7.11 Å². The Morgan fingerprint density at radius 1 is 1.32 bits per heavy atom. The van der Waals surface area contributed by atoms with Crippen molar-refractivity contribution in [2.45, 2.75) is 70.5 Å². The van der Waals surface area contributed by atoms with Gasteiger partial charge in [0.15, 0.2) is 0 Å². The molecular formula is C28H27F4N3O5. The number of aliphatic hydroxyl groups excluding tert-OH is 1. The largest absolute Gasteiger partial charge is 0.423 e. The summed E-state index contributed by atoms with van der Waals surface area (Å²) in [5.74, 6) is -2.70. The molecule has 8 nitrogen and oxygen atoms in total. The van der Waals surface area contributed by atoms with Crippen molar-refractivity contribution in [1.82, 2.24) is 14.9 Å². The molecule has 40 heavy (non-hydrogen) atoms. The number of hydrogen-bond acceptors (Lipinski definition) is 6. The predicted octanol–water partition coefficient (Wildman–Crippen LogP) is 3.74. The summed E-state index contributed by atoms with van der Waals surface area (Å²) in [7, 11) is 1.43. The number of nitrogens with zero attached hydrogens (tertiary/aromatic N) is 2. The van der Waals surface area contributed by atoms with Gasteiger partial charge in [0.05, 0.1) is 36.1 Å². The minimum absolute atomic E-state index is 0.000702. The minimum Gasteiger partial charge on any atom is -0.380 e. The predicted molar refractivity (Wildman–Crippen MR) is 136 cm³/mol. The van der Waals surface area contributed by atoms with Crippen LogP contribution in [0.2, 0.25) is 0 Å². The van der Waals surface area contributed by atoms with E-state index in [-0.39, 0.29) is 31.5 Å². The molecule has 1 aliphatic heterocycles. The van der Waals surface area contributed by atoms with Crippen molar-refractivity contribution in [1.29, 1.82) is 0 Å². The number of fused-ring (bicyclic) bond motifs is 4. The summed E-state index contributed by atoms with van der Waals surface area (Å²) >= 11 is 0. The topological polar surface area (TPSA) is 111 Å². The SMILES string of the molecule is CCC(C=O)c1cc2n(c(=O)c1COC)Cc1c-2nc2cc(F)c(C)c3c2c1C(NC(=O)C(O)C(F)(F)F)CC3. The number of carbonyl (C=O) groups is 2.